The molecule has 2 amide bonds. The second-order valence-corrected chi connectivity index (χ2v) is 6.16. The number of amides is 2. The van der Waals surface area contributed by atoms with E-state index in [0.29, 0.717) is 21.1 Å². The van der Waals surface area contributed by atoms with E-state index in [9.17, 15) is 14.7 Å². The summed E-state index contributed by atoms with van der Waals surface area (Å²) in [4.78, 5) is 23.7. The van der Waals surface area contributed by atoms with Crippen LogP contribution < -0.4 is 15.4 Å². The van der Waals surface area contributed by atoms with Crippen LogP contribution in [0.3, 0.4) is 0 Å². The van der Waals surface area contributed by atoms with E-state index in [1.165, 1.54) is 12.1 Å². The van der Waals surface area contributed by atoms with Crippen LogP contribution in [0.15, 0.2) is 20.6 Å². The maximum absolute atomic E-state index is 11.9. The van der Waals surface area contributed by atoms with Gasteiger partial charge in [0.2, 0.25) is 0 Å². The molecular formula is C13H10Br2N2O4S. The minimum Gasteiger partial charge on any atom is -0.503 e. The number of thiocarbonyl (C=S) groups is 1. The predicted octanol–water partition coefficient (Wildman–Crippen LogP) is 2.23. The number of nitrogens with one attached hydrogen (secondary N) is 2. The van der Waals surface area contributed by atoms with Crippen LogP contribution in [-0.2, 0) is 9.59 Å². The van der Waals surface area contributed by atoms with Gasteiger partial charge in [-0.3, -0.25) is 20.2 Å². The van der Waals surface area contributed by atoms with Crippen LogP contribution in [0.2, 0.25) is 0 Å². The number of aromatic hydroxyl groups is 1. The van der Waals surface area contributed by atoms with Gasteiger partial charge in [0.1, 0.15) is 5.57 Å². The number of carbonyl (C=O) groups is 2. The molecule has 0 atom stereocenters. The highest BCUT2D eigenvalue weighted by atomic mass is 79.9. The molecule has 0 radical (unpaired) electrons. The quantitative estimate of drug-likeness (QED) is 0.374. The second-order valence-electron chi connectivity index (χ2n) is 4.17. The topological polar surface area (TPSA) is 87.7 Å². The maximum Gasteiger partial charge on any atom is 0.263 e. The first-order valence-electron chi connectivity index (χ1n) is 6.07. The van der Waals surface area contributed by atoms with Crippen LogP contribution in [-0.4, -0.2) is 28.6 Å². The van der Waals surface area contributed by atoms with Crippen LogP contribution >= 0.6 is 44.1 Å². The van der Waals surface area contributed by atoms with Crippen molar-refractivity contribution in [2.24, 2.45) is 0 Å². The Morgan fingerprint density at radius 2 is 1.86 bits per heavy atom. The fourth-order valence-electron chi connectivity index (χ4n) is 1.74. The summed E-state index contributed by atoms with van der Waals surface area (Å²) < 4.78 is 6.16. The Labute approximate surface area is 148 Å². The van der Waals surface area contributed by atoms with Gasteiger partial charge in [0, 0.05) is 4.47 Å². The molecule has 1 aliphatic heterocycles. The Kier molecular flexibility index (Phi) is 5.20. The predicted molar refractivity (Wildman–Crippen MR) is 91.5 cm³/mol. The second kappa shape index (κ2) is 6.76. The zero-order valence-electron chi connectivity index (χ0n) is 11.2. The summed E-state index contributed by atoms with van der Waals surface area (Å²) in [5.41, 5.74) is 0.385. The molecule has 0 aromatic heterocycles. The molecule has 6 nitrogen and oxygen atoms in total. The van der Waals surface area contributed by atoms with Crippen LogP contribution in [0.1, 0.15) is 12.5 Å². The van der Waals surface area contributed by atoms with Crippen molar-refractivity contribution in [2.45, 2.75) is 6.92 Å². The van der Waals surface area contributed by atoms with Crippen molar-refractivity contribution in [3.05, 3.63) is 26.1 Å². The van der Waals surface area contributed by atoms with Gasteiger partial charge in [-0.25, -0.2) is 0 Å². The first-order valence-corrected chi connectivity index (χ1v) is 8.06. The molecule has 0 spiro atoms. The zero-order chi connectivity index (χ0) is 16.4. The minimum absolute atomic E-state index is 0.0342. The third-order valence-corrected chi connectivity index (χ3v) is 5.08. The van der Waals surface area contributed by atoms with Crippen molar-refractivity contribution in [1.82, 2.24) is 10.6 Å². The molecule has 116 valence electrons. The zero-order valence-corrected chi connectivity index (χ0v) is 15.2. The van der Waals surface area contributed by atoms with Crippen LogP contribution in [0.4, 0.5) is 0 Å². The van der Waals surface area contributed by atoms with Crippen LogP contribution in [0.5, 0.6) is 11.5 Å². The lowest BCUT2D eigenvalue weighted by molar-refractivity contribution is -0.123. The van der Waals surface area contributed by atoms with E-state index in [0.717, 1.165) is 0 Å². The molecule has 1 saturated heterocycles. The summed E-state index contributed by atoms with van der Waals surface area (Å²) in [7, 11) is 0. The molecule has 2 rings (SSSR count). The van der Waals surface area contributed by atoms with Crippen molar-refractivity contribution in [3.63, 3.8) is 0 Å². The first-order chi connectivity index (χ1) is 10.3. The van der Waals surface area contributed by atoms with Gasteiger partial charge < -0.3 is 9.84 Å². The molecule has 0 aliphatic carbocycles. The molecular weight excluding hydrogens is 440 g/mol. The van der Waals surface area contributed by atoms with E-state index in [4.69, 9.17) is 17.0 Å². The van der Waals surface area contributed by atoms with E-state index in [-0.39, 0.29) is 22.2 Å². The number of phenolic OH excluding ortho intramolecular Hbond substituents is 1. The molecule has 0 saturated carbocycles. The molecule has 0 unspecified atom stereocenters. The average molecular weight is 450 g/mol. The van der Waals surface area contributed by atoms with Gasteiger partial charge in [0.25, 0.3) is 11.8 Å². The van der Waals surface area contributed by atoms with Gasteiger partial charge in [0.05, 0.1) is 11.1 Å². The third kappa shape index (κ3) is 3.31. The van der Waals surface area contributed by atoms with Gasteiger partial charge in [-0.05, 0) is 68.7 Å². The standard InChI is InChI=1S/C13H10Br2N2O4S/c1-2-21-7-4-5(8(14)9(15)10(7)18)3-6-11(19)16-13(22)17-12(6)20/h3-4,18H,2H2,1H3,(H2,16,17,19,20,22). The molecule has 1 aliphatic rings. The monoisotopic (exact) mass is 448 g/mol. The normalized spacial score (nSPS) is 14.5. The van der Waals surface area contributed by atoms with Crippen molar-refractivity contribution < 1.29 is 19.4 Å². The Hall–Kier alpha value is -1.45. The molecule has 1 heterocycles. The fourth-order valence-corrected chi connectivity index (χ4v) is 2.77. The largest absolute Gasteiger partial charge is 0.503 e. The number of carbonyl (C=O) groups excluding carboxylic acids is 2. The first kappa shape index (κ1) is 16.9. The third-order valence-electron chi connectivity index (χ3n) is 2.72. The van der Waals surface area contributed by atoms with Gasteiger partial charge in [-0.2, -0.15) is 0 Å². The van der Waals surface area contributed by atoms with Crippen molar-refractivity contribution >= 4 is 67.1 Å². The number of rotatable bonds is 3. The van der Waals surface area contributed by atoms with Crippen molar-refractivity contribution in [3.8, 4) is 11.5 Å². The number of benzene rings is 1. The molecule has 1 fully saturated rings. The fraction of sp³-hybridized carbons (Fsp3) is 0.154. The van der Waals surface area contributed by atoms with Crippen molar-refractivity contribution in [1.29, 1.82) is 0 Å². The smallest absolute Gasteiger partial charge is 0.263 e. The van der Waals surface area contributed by atoms with Crippen molar-refractivity contribution in [2.75, 3.05) is 6.61 Å². The lowest BCUT2D eigenvalue weighted by Crippen LogP contribution is -2.51. The summed E-state index contributed by atoms with van der Waals surface area (Å²) in [6, 6.07) is 1.52. The Morgan fingerprint density at radius 1 is 1.27 bits per heavy atom. The lowest BCUT2D eigenvalue weighted by atomic mass is 10.1. The number of phenols is 1. The van der Waals surface area contributed by atoms with Gasteiger partial charge in [0.15, 0.2) is 16.6 Å². The molecule has 22 heavy (non-hydrogen) atoms. The summed E-state index contributed by atoms with van der Waals surface area (Å²) in [5.74, 6) is -1.03. The highest BCUT2D eigenvalue weighted by Gasteiger charge is 2.26. The average Bonchev–Trinajstić information content (AvgIpc) is 2.45. The Balaban J connectivity index is 2.53. The van der Waals surface area contributed by atoms with E-state index >= 15 is 0 Å². The maximum atomic E-state index is 11.9. The van der Waals surface area contributed by atoms with Crippen LogP contribution in [0.25, 0.3) is 6.08 Å². The number of halogens is 2. The van der Waals surface area contributed by atoms with Crippen LogP contribution in [0, 0.1) is 0 Å². The van der Waals surface area contributed by atoms with E-state index in [1.807, 2.05) is 0 Å². The SMILES string of the molecule is CCOc1cc(C=C2C(=O)NC(=S)NC2=O)c(Br)c(Br)c1O. The summed E-state index contributed by atoms with van der Waals surface area (Å²) in [6.07, 6.45) is 1.38. The molecule has 1 aromatic carbocycles. The highest BCUT2D eigenvalue weighted by molar-refractivity contribution is 9.13. The molecule has 9 heteroatoms. The van der Waals surface area contributed by atoms with Gasteiger partial charge >= 0.3 is 0 Å². The molecule has 1 aromatic rings. The van der Waals surface area contributed by atoms with Gasteiger partial charge in [-0.1, -0.05) is 0 Å². The number of ether oxygens (including phenoxy) is 1. The summed E-state index contributed by atoms with van der Waals surface area (Å²) >= 11 is 11.3. The Bertz CT molecular complexity index is 696. The van der Waals surface area contributed by atoms with E-state index in [2.05, 4.69) is 42.5 Å². The molecule has 3 N–H and O–H groups in total. The Morgan fingerprint density at radius 3 is 2.41 bits per heavy atom. The van der Waals surface area contributed by atoms with E-state index in [1.54, 1.807) is 6.92 Å². The lowest BCUT2D eigenvalue weighted by Gasteiger charge is -2.17. The van der Waals surface area contributed by atoms with Gasteiger partial charge in [-0.15, -0.1) is 0 Å². The molecule has 0 bridgehead atoms. The minimum atomic E-state index is -0.595. The van der Waals surface area contributed by atoms with E-state index < -0.39 is 11.8 Å². The number of hydrogen-bond acceptors (Lipinski definition) is 5. The highest BCUT2D eigenvalue weighted by Crippen LogP contribution is 2.42. The summed E-state index contributed by atoms with van der Waals surface area (Å²) in [6.45, 7) is 2.13. The summed E-state index contributed by atoms with van der Waals surface area (Å²) in [5, 5.41) is 14.6. The number of hydrogen-bond donors (Lipinski definition) is 3.